The van der Waals surface area contributed by atoms with Gasteiger partial charge < -0.3 is 14.5 Å². The highest BCUT2D eigenvalue weighted by atomic mass is 32.1. The van der Waals surface area contributed by atoms with Gasteiger partial charge in [0, 0.05) is 31.1 Å². The second-order valence-electron chi connectivity index (χ2n) is 5.94. The molecular formula is C16H21N7OS. The van der Waals surface area contributed by atoms with E-state index in [0.717, 1.165) is 37.0 Å². The molecule has 2 fully saturated rings. The summed E-state index contributed by atoms with van der Waals surface area (Å²) in [5.41, 5.74) is 2.96. The van der Waals surface area contributed by atoms with Crippen LogP contribution in [0.1, 0.15) is 17.7 Å². The molecule has 0 spiro atoms. The SMILES string of the molecule is C(=N\Nc1nc(N2CCCC2)nc(N2CCOCC2)n1)/c1cccs1. The van der Waals surface area contributed by atoms with Crippen molar-refractivity contribution in [2.75, 3.05) is 54.6 Å². The van der Waals surface area contributed by atoms with Crippen LogP contribution in [0, 0.1) is 0 Å². The van der Waals surface area contributed by atoms with Gasteiger partial charge in [0.2, 0.25) is 17.8 Å². The number of nitrogens with zero attached hydrogens (tertiary/aromatic N) is 6. The summed E-state index contributed by atoms with van der Waals surface area (Å²) < 4.78 is 5.43. The summed E-state index contributed by atoms with van der Waals surface area (Å²) in [6, 6.07) is 4.01. The second-order valence-corrected chi connectivity index (χ2v) is 6.92. The number of hydrogen-bond donors (Lipinski definition) is 1. The molecule has 0 aliphatic carbocycles. The molecule has 132 valence electrons. The smallest absolute Gasteiger partial charge is 0.250 e. The average Bonchev–Trinajstić information content (AvgIpc) is 3.36. The summed E-state index contributed by atoms with van der Waals surface area (Å²) in [5.74, 6) is 1.89. The number of anilines is 3. The molecule has 0 bridgehead atoms. The van der Waals surface area contributed by atoms with Gasteiger partial charge in [-0.1, -0.05) is 6.07 Å². The molecule has 4 heterocycles. The second kappa shape index (κ2) is 7.75. The van der Waals surface area contributed by atoms with Gasteiger partial charge in [-0.3, -0.25) is 0 Å². The van der Waals surface area contributed by atoms with Crippen molar-refractivity contribution in [1.82, 2.24) is 15.0 Å². The predicted molar refractivity (Wildman–Crippen MR) is 99.8 cm³/mol. The molecule has 2 aromatic rings. The van der Waals surface area contributed by atoms with Crippen molar-refractivity contribution in [2.45, 2.75) is 12.8 Å². The number of nitrogens with one attached hydrogen (secondary N) is 1. The van der Waals surface area contributed by atoms with Gasteiger partial charge >= 0.3 is 0 Å². The quantitative estimate of drug-likeness (QED) is 0.644. The monoisotopic (exact) mass is 359 g/mol. The molecule has 2 aliphatic rings. The lowest BCUT2D eigenvalue weighted by Crippen LogP contribution is -2.38. The number of hydrogen-bond acceptors (Lipinski definition) is 9. The standard InChI is InChI=1S/C16H21N7OS/c1-2-6-22(5-1)15-18-14(21-17-12-13-4-3-11-25-13)19-16(20-15)23-7-9-24-10-8-23/h3-4,11-12H,1-2,5-10H2,(H,18,19,20,21)/b17-12+. The van der Waals surface area contributed by atoms with Gasteiger partial charge in [-0.05, 0) is 24.3 Å². The Hall–Kier alpha value is -2.26. The van der Waals surface area contributed by atoms with Gasteiger partial charge in [0.1, 0.15) is 0 Å². The van der Waals surface area contributed by atoms with E-state index >= 15 is 0 Å². The van der Waals surface area contributed by atoms with Crippen molar-refractivity contribution >= 4 is 35.4 Å². The maximum atomic E-state index is 5.43. The Morgan fingerprint density at radius 3 is 2.44 bits per heavy atom. The lowest BCUT2D eigenvalue weighted by molar-refractivity contribution is 0.122. The van der Waals surface area contributed by atoms with E-state index in [0.29, 0.717) is 25.1 Å². The number of thiophene rings is 1. The molecule has 2 aliphatic heterocycles. The van der Waals surface area contributed by atoms with E-state index < -0.39 is 0 Å². The molecule has 1 N–H and O–H groups in total. The van der Waals surface area contributed by atoms with Gasteiger partial charge in [0.05, 0.1) is 19.4 Å². The summed E-state index contributed by atoms with van der Waals surface area (Å²) in [4.78, 5) is 19.2. The molecule has 0 unspecified atom stereocenters. The van der Waals surface area contributed by atoms with Crippen molar-refractivity contribution in [3.63, 3.8) is 0 Å². The number of aromatic nitrogens is 3. The molecule has 2 saturated heterocycles. The van der Waals surface area contributed by atoms with E-state index in [2.05, 4.69) is 35.3 Å². The van der Waals surface area contributed by atoms with E-state index in [1.165, 1.54) is 12.8 Å². The number of rotatable bonds is 5. The van der Waals surface area contributed by atoms with Crippen molar-refractivity contribution in [3.05, 3.63) is 22.4 Å². The first kappa shape index (κ1) is 16.2. The Bertz CT molecular complexity index is 709. The highest BCUT2D eigenvalue weighted by Gasteiger charge is 2.20. The highest BCUT2D eigenvalue weighted by Crippen LogP contribution is 2.21. The van der Waals surface area contributed by atoms with Crippen LogP contribution in [0.2, 0.25) is 0 Å². The van der Waals surface area contributed by atoms with Crippen molar-refractivity contribution in [1.29, 1.82) is 0 Å². The van der Waals surface area contributed by atoms with Crippen LogP contribution in [0.4, 0.5) is 17.8 Å². The minimum atomic E-state index is 0.478. The Balaban J connectivity index is 1.56. The molecular weight excluding hydrogens is 338 g/mol. The minimum Gasteiger partial charge on any atom is -0.378 e. The zero-order valence-electron chi connectivity index (χ0n) is 14.0. The molecule has 8 nitrogen and oxygen atoms in total. The molecule has 9 heteroatoms. The zero-order valence-corrected chi connectivity index (χ0v) is 14.8. The van der Waals surface area contributed by atoms with E-state index in [4.69, 9.17) is 4.74 Å². The third kappa shape index (κ3) is 4.05. The molecule has 4 rings (SSSR count). The molecule has 0 amide bonds. The third-order valence-corrected chi connectivity index (χ3v) is 5.00. The summed E-state index contributed by atoms with van der Waals surface area (Å²) in [6.07, 6.45) is 4.13. The van der Waals surface area contributed by atoms with Crippen LogP contribution in [0.3, 0.4) is 0 Å². The van der Waals surface area contributed by atoms with Gasteiger partial charge in [-0.2, -0.15) is 20.1 Å². The van der Waals surface area contributed by atoms with Crippen LogP contribution < -0.4 is 15.2 Å². The average molecular weight is 359 g/mol. The Morgan fingerprint density at radius 2 is 1.76 bits per heavy atom. The number of hydrazone groups is 1. The fraction of sp³-hybridized carbons (Fsp3) is 0.500. The van der Waals surface area contributed by atoms with E-state index in [1.807, 2.05) is 17.5 Å². The first-order chi connectivity index (χ1) is 12.4. The highest BCUT2D eigenvalue weighted by molar-refractivity contribution is 7.11. The van der Waals surface area contributed by atoms with Gasteiger partial charge in [0.25, 0.3) is 0 Å². The van der Waals surface area contributed by atoms with Crippen molar-refractivity contribution < 1.29 is 4.74 Å². The molecule has 0 aromatic carbocycles. The summed E-state index contributed by atoms with van der Waals surface area (Å²) >= 11 is 1.63. The Morgan fingerprint density at radius 1 is 1.04 bits per heavy atom. The Labute approximate surface area is 150 Å². The van der Waals surface area contributed by atoms with Crippen LogP contribution in [0.15, 0.2) is 22.6 Å². The fourth-order valence-electron chi connectivity index (χ4n) is 2.89. The van der Waals surface area contributed by atoms with Crippen LogP contribution in [-0.4, -0.2) is 60.6 Å². The molecule has 0 atom stereocenters. The van der Waals surface area contributed by atoms with Crippen LogP contribution in [0.25, 0.3) is 0 Å². The lowest BCUT2D eigenvalue weighted by atomic mass is 10.4. The largest absolute Gasteiger partial charge is 0.378 e. The fourth-order valence-corrected chi connectivity index (χ4v) is 3.47. The number of ether oxygens (including phenoxy) is 1. The topological polar surface area (TPSA) is 78.8 Å². The molecule has 0 saturated carbocycles. The zero-order chi connectivity index (χ0) is 16.9. The summed E-state index contributed by atoms with van der Waals surface area (Å²) in [7, 11) is 0. The van der Waals surface area contributed by atoms with Crippen LogP contribution in [0.5, 0.6) is 0 Å². The summed E-state index contributed by atoms with van der Waals surface area (Å²) in [6.45, 7) is 4.96. The summed E-state index contributed by atoms with van der Waals surface area (Å²) in [5, 5.41) is 6.28. The van der Waals surface area contributed by atoms with Crippen LogP contribution >= 0.6 is 11.3 Å². The van der Waals surface area contributed by atoms with E-state index in [1.54, 1.807) is 17.6 Å². The maximum Gasteiger partial charge on any atom is 0.250 e. The predicted octanol–water partition coefficient (Wildman–Crippen LogP) is 1.82. The van der Waals surface area contributed by atoms with E-state index in [-0.39, 0.29) is 0 Å². The van der Waals surface area contributed by atoms with Crippen molar-refractivity contribution in [3.8, 4) is 0 Å². The van der Waals surface area contributed by atoms with Crippen molar-refractivity contribution in [2.24, 2.45) is 5.10 Å². The molecule has 0 radical (unpaired) electrons. The number of morpholine rings is 1. The first-order valence-electron chi connectivity index (χ1n) is 8.55. The van der Waals surface area contributed by atoms with Crippen LogP contribution in [-0.2, 0) is 4.74 Å². The minimum absolute atomic E-state index is 0.478. The van der Waals surface area contributed by atoms with Gasteiger partial charge in [-0.25, -0.2) is 5.43 Å². The first-order valence-corrected chi connectivity index (χ1v) is 9.43. The lowest BCUT2D eigenvalue weighted by Gasteiger charge is -2.27. The molecule has 25 heavy (non-hydrogen) atoms. The Kier molecular flexibility index (Phi) is 5.03. The van der Waals surface area contributed by atoms with E-state index in [9.17, 15) is 0 Å². The third-order valence-electron chi connectivity index (χ3n) is 4.19. The molecule has 2 aromatic heterocycles. The van der Waals surface area contributed by atoms with Gasteiger partial charge in [0.15, 0.2) is 0 Å². The normalized spacial score (nSPS) is 18.2. The van der Waals surface area contributed by atoms with Gasteiger partial charge in [-0.15, -0.1) is 11.3 Å². The maximum absolute atomic E-state index is 5.43.